The predicted octanol–water partition coefficient (Wildman–Crippen LogP) is 1.15. The van der Waals surface area contributed by atoms with Crippen LogP contribution in [0.5, 0.6) is 11.5 Å². The van der Waals surface area contributed by atoms with Crippen molar-refractivity contribution in [2.75, 3.05) is 20.8 Å². The summed E-state index contributed by atoms with van der Waals surface area (Å²) in [6.07, 6.45) is 3.83. The zero-order valence-electron chi connectivity index (χ0n) is 15.9. The van der Waals surface area contributed by atoms with E-state index < -0.39 is 0 Å². The number of hydrogen-bond acceptors (Lipinski definition) is 5. The number of ether oxygens (including phenoxy) is 2. The van der Waals surface area contributed by atoms with Gasteiger partial charge in [-0.1, -0.05) is 0 Å². The second kappa shape index (κ2) is 8.75. The van der Waals surface area contributed by atoms with Crippen LogP contribution >= 0.6 is 0 Å². The van der Waals surface area contributed by atoms with E-state index in [0.29, 0.717) is 31.0 Å². The van der Waals surface area contributed by atoms with E-state index in [4.69, 9.17) is 9.47 Å². The van der Waals surface area contributed by atoms with Gasteiger partial charge >= 0.3 is 5.69 Å². The molecule has 0 saturated carbocycles. The SMILES string of the molecule is COc1ccc(OC)c(CC(=O)NCCCn2nc3n(c2=O)CCCC3)c1. The summed E-state index contributed by atoms with van der Waals surface area (Å²) in [4.78, 5) is 24.5. The summed E-state index contributed by atoms with van der Waals surface area (Å²) in [5.74, 6) is 2.11. The Bertz CT molecular complexity index is 856. The lowest BCUT2D eigenvalue weighted by Gasteiger charge is -2.10. The first-order valence-electron chi connectivity index (χ1n) is 9.26. The van der Waals surface area contributed by atoms with E-state index in [1.807, 2.05) is 0 Å². The molecule has 1 aliphatic heterocycles. The van der Waals surface area contributed by atoms with E-state index in [0.717, 1.165) is 37.2 Å². The monoisotopic (exact) mass is 374 g/mol. The topological polar surface area (TPSA) is 87.4 Å². The van der Waals surface area contributed by atoms with Gasteiger partial charge in [-0.15, -0.1) is 0 Å². The average molecular weight is 374 g/mol. The van der Waals surface area contributed by atoms with Crippen molar-refractivity contribution in [1.29, 1.82) is 0 Å². The van der Waals surface area contributed by atoms with Crippen LogP contribution in [0, 0.1) is 0 Å². The molecular weight excluding hydrogens is 348 g/mol. The zero-order valence-corrected chi connectivity index (χ0v) is 15.9. The molecule has 1 aromatic carbocycles. The second-order valence-corrected chi connectivity index (χ2v) is 6.59. The quantitative estimate of drug-likeness (QED) is 0.701. The third kappa shape index (κ3) is 4.50. The van der Waals surface area contributed by atoms with Crippen LogP contribution in [0.2, 0.25) is 0 Å². The number of aromatic nitrogens is 3. The highest BCUT2D eigenvalue weighted by molar-refractivity contribution is 5.79. The van der Waals surface area contributed by atoms with Gasteiger partial charge < -0.3 is 14.8 Å². The van der Waals surface area contributed by atoms with E-state index in [9.17, 15) is 9.59 Å². The molecule has 2 heterocycles. The molecule has 2 aromatic rings. The second-order valence-electron chi connectivity index (χ2n) is 6.59. The van der Waals surface area contributed by atoms with Crippen LogP contribution < -0.4 is 20.5 Å². The third-order valence-corrected chi connectivity index (χ3v) is 4.74. The minimum Gasteiger partial charge on any atom is -0.497 e. The number of carbonyl (C=O) groups excluding carboxylic acids is 1. The van der Waals surface area contributed by atoms with Crippen LogP contribution in [-0.2, 0) is 30.7 Å². The summed E-state index contributed by atoms with van der Waals surface area (Å²) in [6, 6.07) is 5.38. The van der Waals surface area contributed by atoms with Gasteiger partial charge in [0.2, 0.25) is 5.91 Å². The van der Waals surface area contributed by atoms with Crippen molar-refractivity contribution in [3.8, 4) is 11.5 Å². The molecule has 0 fully saturated rings. The van der Waals surface area contributed by atoms with Crippen molar-refractivity contribution in [2.45, 2.75) is 45.2 Å². The van der Waals surface area contributed by atoms with Crippen molar-refractivity contribution < 1.29 is 14.3 Å². The maximum Gasteiger partial charge on any atom is 0.345 e. The smallest absolute Gasteiger partial charge is 0.345 e. The first kappa shape index (κ1) is 19.0. The standard InChI is InChI=1S/C19H26N4O4/c1-26-15-7-8-16(27-2)14(12-15)13-18(24)20-9-5-11-23-19(25)22-10-4-3-6-17(22)21-23/h7-8,12H,3-6,9-11,13H2,1-2H3,(H,20,24). The first-order valence-corrected chi connectivity index (χ1v) is 9.26. The number of nitrogens with zero attached hydrogens (tertiary/aromatic N) is 3. The van der Waals surface area contributed by atoms with E-state index >= 15 is 0 Å². The number of benzene rings is 1. The molecule has 27 heavy (non-hydrogen) atoms. The molecule has 0 radical (unpaired) electrons. The lowest BCUT2D eigenvalue weighted by molar-refractivity contribution is -0.120. The molecule has 0 atom stereocenters. The molecule has 0 saturated heterocycles. The number of carbonyl (C=O) groups is 1. The summed E-state index contributed by atoms with van der Waals surface area (Å²) >= 11 is 0. The number of amides is 1. The number of aryl methyl sites for hydroxylation is 2. The van der Waals surface area contributed by atoms with Crippen LogP contribution in [0.3, 0.4) is 0 Å². The fourth-order valence-electron chi connectivity index (χ4n) is 3.31. The molecule has 3 rings (SSSR count). The highest BCUT2D eigenvalue weighted by Crippen LogP contribution is 2.24. The van der Waals surface area contributed by atoms with Crippen LogP contribution in [0.15, 0.2) is 23.0 Å². The fraction of sp³-hybridized carbons (Fsp3) is 0.526. The Hall–Kier alpha value is -2.77. The molecule has 0 spiro atoms. The number of nitrogens with one attached hydrogen (secondary N) is 1. The lowest BCUT2D eigenvalue weighted by atomic mass is 10.1. The minimum absolute atomic E-state index is 0.0443. The van der Waals surface area contributed by atoms with E-state index in [-0.39, 0.29) is 18.0 Å². The molecule has 146 valence electrons. The van der Waals surface area contributed by atoms with Crippen molar-refractivity contribution in [3.63, 3.8) is 0 Å². The highest BCUT2D eigenvalue weighted by atomic mass is 16.5. The Morgan fingerprint density at radius 3 is 2.85 bits per heavy atom. The van der Waals surface area contributed by atoms with Gasteiger partial charge in [-0.25, -0.2) is 9.48 Å². The minimum atomic E-state index is -0.0990. The fourth-order valence-corrected chi connectivity index (χ4v) is 3.31. The zero-order chi connectivity index (χ0) is 19.2. The van der Waals surface area contributed by atoms with Crippen molar-refractivity contribution in [3.05, 3.63) is 40.1 Å². The Morgan fingerprint density at radius 2 is 2.11 bits per heavy atom. The molecule has 0 aliphatic carbocycles. The van der Waals surface area contributed by atoms with Gasteiger partial charge in [0.25, 0.3) is 0 Å². The highest BCUT2D eigenvalue weighted by Gasteiger charge is 2.16. The number of rotatable bonds is 8. The summed E-state index contributed by atoms with van der Waals surface area (Å²) < 4.78 is 13.8. The van der Waals surface area contributed by atoms with Crippen molar-refractivity contribution in [1.82, 2.24) is 19.7 Å². The molecule has 1 aromatic heterocycles. The average Bonchev–Trinajstić information content (AvgIpc) is 3.01. The molecule has 0 unspecified atom stereocenters. The maximum atomic E-state index is 12.3. The summed E-state index contributed by atoms with van der Waals surface area (Å²) in [5.41, 5.74) is 0.726. The van der Waals surface area contributed by atoms with Gasteiger partial charge in [0.15, 0.2) is 0 Å². The first-order chi connectivity index (χ1) is 13.1. The molecule has 1 amide bonds. The van der Waals surface area contributed by atoms with Crippen molar-refractivity contribution in [2.24, 2.45) is 0 Å². The van der Waals surface area contributed by atoms with Crippen LogP contribution in [0.25, 0.3) is 0 Å². The predicted molar refractivity (Wildman–Crippen MR) is 100 cm³/mol. The number of methoxy groups -OCH3 is 2. The molecule has 1 N–H and O–H groups in total. The Balaban J connectivity index is 1.49. The normalized spacial score (nSPS) is 13.1. The number of fused-ring (bicyclic) bond motifs is 1. The molecule has 8 heteroatoms. The molecule has 1 aliphatic rings. The maximum absolute atomic E-state index is 12.3. The van der Waals surface area contributed by atoms with Crippen LogP contribution in [-0.4, -0.2) is 41.0 Å². The Kier molecular flexibility index (Phi) is 6.16. The van der Waals surface area contributed by atoms with Gasteiger partial charge in [-0.2, -0.15) is 5.10 Å². The molecule has 8 nitrogen and oxygen atoms in total. The third-order valence-electron chi connectivity index (χ3n) is 4.74. The van der Waals surface area contributed by atoms with Gasteiger partial charge in [0.05, 0.1) is 20.6 Å². The van der Waals surface area contributed by atoms with E-state index in [1.165, 1.54) is 4.68 Å². The van der Waals surface area contributed by atoms with Gasteiger partial charge in [-0.3, -0.25) is 9.36 Å². The lowest BCUT2D eigenvalue weighted by Crippen LogP contribution is -2.30. The van der Waals surface area contributed by atoms with E-state index in [2.05, 4.69) is 10.4 Å². The summed E-state index contributed by atoms with van der Waals surface area (Å²) in [6.45, 7) is 1.74. The number of hydrogen-bond donors (Lipinski definition) is 1. The van der Waals surface area contributed by atoms with Gasteiger partial charge in [0, 0.05) is 31.6 Å². The molecule has 0 bridgehead atoms. The summed E-state index contributed by atoms with van der Waals surface area (Å²) in [7, 11) is 3.16. The van der Waals surface area contributed by atoms with Crippen LogP contribution in [0.4, 0.5) is 0 Å². The Morgan fingerprint density at radius 1 is 1.26 bits per heavy atom. The van der Waals surface area contributed by atoms with Crippen LogP contribution in [0.1, 0.15) is 30.7 Å². The largest absolute Gasteiger partial charge is 0.497 e. The molecular formula is C19H26N4O4. The summed E-state index contributed by atoms with van der Waals surface area (Å²) in [5, 5.41) is 7.29. The Labute approximate surface area is 158 Å². The van der Waals surface area contributed by atoms with E-state index in [1.54, 1.807) is 37.0 Å². The van der Waals surface area contributed by atoms with Gasteiger partial charge in [0.1, 0.15) is 17.3 Å². The van der Waals surface area contributed by atoms with Gasteiger partial charge in [-0.05, 0) is 37.5 Å². The van der Waals surface area contributed by atoms with Crippen molar-refractivity contribution >= 4 is 5.91 Å².